The van der Waals surface area contributed by atoms with E-state index >= 15 is 0 Å². The molecule has 1 N–H and O–H groups in total. The first-order valence-electron chi connectivity index (χ1n) is 9.25. The second-order valence-corrected chi connectivity index (χ2v) is 8.31. The summed E-state index contributed by atoms with van der Waals surface area (Å²) in [5, 5.41) is 3.00. The lowest BCUT2D eigenvalue weighted by molar-refractivity contribution is 0.102. The highest BCUT2D eigenvalue weighted by Crippen LogP contribution is 2.20. The van der Waals surface area contributed by atoms with Gasteiger partial charge >= 0.3 is 0 Å². The molecule has 3 aromatic rings. The van der Waals surface area contributed by atoms with Crippen LogP contribution in [0.1, 0.15) is 27.2 Å². The average molecular weight is 381 g/mol. The molecule has 27 heavy (non-hydrogen) atoms. The Morgan fingerprint density at radius 3 is 2.78 bits per heavy atom. The second-order valence-electron chi connectivity index (χ2n) is 7.09. The fraction of sp³-hybridized carbons (Fsp3) is 0.333. The van der Waals surface area contributed by atoms with Crippen LogP contribution in [0.15, 0.2) is 42.7 Å². The van der Waals surface area contributed by atoms with Gasteiger partial charge in [-0.25, -0.2) is 4.98 Å². The molecule has 6 heteroatoms. The van der Waals surface area contributed by atoms with Crippen molar-refractivity contribution in [3.8, 4) is 0 Å². The van der Waals surface area contributed by atoms with Crippen molar-refractivity contribution in [1.29, 1.82) is 0 Å². The molecular formula is C21H24N4OS. The van der Waals surface area contributed by atoms with Gasteiger partial charge < -0.3 is 9.72 Å². The molecule has 1 amide bonds. The van der Waals surface area contributed by atoms with E-state index in [0.29, 0.717) is 5.69 Å². The zero-order chi connectivity index (χ0) is 18.8. The van der Waals surface area contributed by atoms with Crippen LogP contribution in [0.3, 0.4) is 0 Å². The van der Waals surface area contributed by atoms with Crippen LogP contribution >= 0.6 is 11.8 Å². The highest BCUT2D eigenvalue weighted by molar-refractivity contribution is 7.99. The minimum atomic E-state index is -0.180. The van der Waals surface area contributed by atoms with Gasteiger partial charge in [-0.15, -0.1) is 0 Å². The summed E-state index contributed by atoms with van der Waals surface area (Å²) in [4.78, 5) is 19.5. The van der Waals surface area contributed by atoms with Crippen molar-refractivity contribution in [2.24, 2.45) is 0 Å². The van der Waals surface area contributed by atoms with Crippen LogP contribution in [0.25, 0.3) is 5.65 Å². The zero-order valence-electron chi connectivity index (χ0n) is 15.7. The molecule has 0 radical (unpaired) electrons. The minimum Gasteiger partial charge on any atom is -0.320 e. The van der Waals surface area contributed by atoms with Gasteiger partial charge in [0, 0.05) is 49.2 Å². The first-order valence-corrected chi connectivity index (χ1v) is 10.4. The third-order valence-corrected chi connectivity index (χ3v) is 5.84. The molecule has 0 spiro atoms. The lowest BCUT2D eigenvalue weighted by Gasteiger charge is -2.26. The number of nitrogens with zero attached hydrogens (tertiary/aromatic N) is 3. The Labute approximate surface area is 163 Å². The van der Waals surface area contributed by atoms with E-state index in [1.165, 1.54) is 17.1 Å². The van der Waals surface area contributed by atoms with Crippen molar-refractivity contribution in [3.63, 3.8) is 0 Å². The molecular weight excluding hydrogens is 356 g/mol. The number of carbonyl (C=O) groups excluding carboxylic acids is 1. The number of amides is 1. The van der Waals surface area contributed by atoms with Gasteiger partial charge in [0.15, 0.2) is 0 Å². The molecule has 0 unspecified atom stereocenters. The molecule has 0 atom stereocenters. The summed E-state index contributed by atoms with van der Waals surface area (Å²) < 4.78 is 1.87. The summed E-state index contributed by atoms with van der Waals surface area (Å²) in [6, 6.07) is 10.2. The van der Waals surface area contributed by atoms with E-state index in [4.69, 9.17) is 0 Å². The maximum Gasteiger partial charge on any atom is 0.275 e. The summed E-state index contributed by atoms with van der Waals surface area (Å²) in [5.41, 5.74) is 5.54. The van der Waals surface area contributed by atoms with Crippen LogP contribution in [0.2, 0.25) is 0 Å². The predicted octanol–water partition coefficient (Wildman–Crippen LogP) is 3.75. The molecule has 1 aliphatic heterocycles. The van der Waals surface area contributed by atoms with Gasteiger partial charge in [-0.2, -0.15) is 11.8 Å². The summed E-state index contributed by atoms with van der Waals surface area (Å²) in [6.07, 6.45) is 3.69. The number of hydrogen-bond donors (Lipinski definition) is 1. The lowest BCUT2D eigenvalue weighted by Crippen LogP contribution is -2.31. The number of nitrogens with one attached hydrogen (secondary N) is 1. The first-order chi connectivity index (χ1) is 13.1. The van der Waals surface area contributed by atoms with Crippen molar-refractivity contribution in [3.05, 3.63) is 65.1 Å². The molecule has 2 aromatic heterocycles. The van der Waals surface area contributed by atoms with Gasteiger partial charge in [0.05, 0.1) is 0 Å². The third-order valence-electron chi connectivity index (χ3n) is 4.90. The number of thioether (sulfide) groups is 1. The average Bonchev–Trinajstić information content (AvgIpc) is 3.08. The monoisotopic (exact) mass is 380 g/mol. The third kappa shape index (κ3) is 4.17. The number of benzene rings is 1. The Morgan fingerprint density at radius 1 is 1.19 bits per heavy atom. The SMILES string of the molecule is Cc1ccn2cc(C(=O)Nc3ccc(CN4CCSCC4)cc3C)nc2c1. The molecule has 3 heterocycles. The molecule has 4 rings (SSSR count). The van der Waals surface area contributed by atoms with Crippen LogP contribution < -0.4 is 5.32 Å². The number of anilines is 1. The number of hydrogen-bond acceptors (Lipinski definition) is 4. The number of carbonyl (C=O) groups is 1. The van der Waals surface area contributed by atoms with E-state index < -0.39 is 0 Å². The quantitative estimate of drug-likeness (QED) is 0.749. The Balaban J connectivity index is 1.46. The normalized spacial score (nSPS) is 15.2. The predicted molar refractivity (Wildman–Crippen MR) is 112 cm³/mol. The molecule has 0 saturated carbocycles. The summed E-state index contributed by atoms with van der Waals surface area (Å²) in [6.45, 7) is 7.33. The van der Waals surface area contributed by atoms with Crippen molar-refractivity contribution >= 4 is 29.0 Å². The molecule has 1 aliphatic rings. The number of pyridine rings is 1. The first kappa shape index (κ1) is 18.1. The van der Waals surface area contributed by atoms with Gasteiger partial charge in [0.1, 0.15) is 11.3 Å². The highest BCUT2D eigenvalue weighted by Gasteiger charge is 2.14. The molecule has 1 fully saturated rings. The van der Waals surface area contributed by atoms with Gasteiger partial charge in [0.2, 0.25) is 0 Å². The van der Waals surface area contributed by atoms with Crippen molar-refractivity contribution in [2.75, 3.05) is 29.9 Å². The van der Waals surface area contributed by atoms with Crippen LogP contribution in [0.5, 0.6) is 0 Å². The van der Waals surface area contributed by atoms with E-state index in [1.54, 1.807) is 6.20 Å². The van der Waals surface area contributed by atoms with Crippen molar-refractivity contribution in [2.45, 2.75) is 20.4 Å². The smallest absolute Gasteiger partial charge is 0.275 e. The molecule has 0 aliphatic carbocycles. The van der Waals surface area contributed by atoms with E-state index in [9.17, 15) is 4.79 Å². The Morgan fingerprint density at radius 2 is 2.00 bits per heavy atom. The summed E-state index contributed by atoms with van der Waals surface area (Å²) >= 11 is 2.02. The fourth-order valence-corrected chi connectivity index (χ4v) is 4.34. The Hall–Kier alpha value is -2.31. The number of rotatable bonds is 4. The topological polar surface area (TPSA) is 49.6 Å². The summed E-state index contributed by atoms with van der Waals surface area (Å²) in [7, 11) is 0. The zero-order valence-corrected chi connectivity index (χ0v) is 16.6. The van der Waals surface area contributed by atoms with Crippen LogP contribution in [-0.2, 0) is 6.54 Å². The number of imidazole rings is 1. The van der Waals surface area contributed by atoms with Crippen LogP contribution in [0.4, 0.5) is 5.69 Å². The van der Waals surface area contributed by atoms with Crippen molar-refractivity contribution < 1.29 is 4.79 Å². The van der Waals surface area contributed by atoms with Crippen LogP contribution in [0, 0.1) is 13.8 Å². The Kier molecular flexibility index (Phi) is 5.18. The van der Waals surface area contributed by atoms with E-state index in [2.05, 4.69) is 27.3 Å². The lowest BCUT2D eigenvalue weighted by atomic mass is 10.1. The number of fused-ring (bicyclic) bond motifs is 1. The van der Waals surface area contributed by atoms with Gasteiger partial charge in [-0.05, 0) is 48.7 Å². The molecule has 1 saturated heterocycles. The Bertz CT molecular complexity index is 975. The van der Waals surface area contributed by atoms with E-state index in [0.717, 1.165) is 42.1 Å². The number of aromatic nitrogens is 2. The number of aryl methyl sites for hydroxylation is 2. The van der Waals surface area contributed by atoms with E-state index in [-0.39, 0.29) is 5.91 Å². The maximum absolute atomic E-state index is 12.6. The molecule has 140 valence electrons. The molecule has 5 nitrogen and oxygen atoms in total. The maximum atomic E-state index is 12.6. The second kappa shape index (κ2) is 7.74. The van der Waals surface area contributed by atoms with Gasteiger partial charge in [0.25, 0.3) is 5.91 Å². The van der Waals surface area contributed by atoms with Crippen molar-refractivity contribution in [1.82, 2.24) is 14.3 Å². The fourth-order valence-electron chi connectivity index (χ4n) is 3.36. The van der Waals surface area contributed by atoms with Gasteiger partial charge in [-0.1, -0.05) is 12.1 Å². The highest BCUT2D eigenvalue weighted by atomic mass is 32.2. The standard InChI is InChI=1S/C21H24N4OS/c1-15-5-6-25-14-19(22-20(25)11-15)21(26)23-18-4-3-17(12-16(18)2)13-24-7-9-27-10-8-24/h3-6,11-12,14H,7-10,13H2,1-2H3,(H,23,26). The van der Waals surface area contributed by atoms with E-state index in [1.807, 2.05) is 54.4 Å². The molecule has 1 aromatic carbocycles. The molecule has 0 bridgehead atoms. The van der Waals surface area contributed by atoms with Gasteiger partial charge in [-0.3, -0.25) is 9.69 Å². The summed E-state index contributed by atoms with van der Waals surface area (Å²) in [5.74, 6) is 2.25. The van der Waals surface area contributed by atoms with Crippen LogP contribution in [-0.4, -0.2) is 44.8 Å². The largest absolute Gasteiger partial charge is 0.320 e. The minimum absolute atomic E-state index is 0.180.